The molecule has 3 atom stereocenters. The van der Waals surface area contributed by atoms with Crippen molar-refractivity contribution < 1.29 is 14.0 Å². The number of Topliss-reactive ketones (excluding diaryl/α,β-unsaturated/α-hetero) is 1. The maximum absolute atomic E-state index is 13.4. The Hall–Kier alpha value is -2.41. The van der Waals surface area contributed by atoms with Crippen molar-refractivity contribution in [3.63, 3.8) is 0 Å². The molecule has 0 spiro atoms. The molecular formula is C18H15BrFN3O2. The number of carbonyl (C=O) groups excluding carboxylic acids is 2. The average molecular weight is 404 g/mol. The minimum Gasteiger partial charge on any atom is -0.365 e. The first kappa shape index (κ1) is 17.4. The van der Waals surface area contributed by atoms with Crippen LogP contribution in [0.25, 0.3) is 0 Å². The van der Waals surface area contributed by atoms with E-state index in [9.17, 15) is 14.0 Å². The van der Waals surface area contributed by atoms with Gasteiger partial charge in [-0.3, -0.25) is 19.6 Å². The molecule has 1 aromatic carbocycles. The number of amidine groups is 1. The van der Waals surface area contributed by atoms with Crippen LogP contribution in [0.2, 0.25) is 0 Å². The van der Waals surface area contributed by atoms with Crippen LogP contribution in [0.4, 0.5) is 4.39 Å². The number of pyridine rings is 1. The predicted molar refractivity (Wildman–Crippen MR) is 94.8 cm³/mol. The molecule has 0 fully saturated rings. The van der Waals surface area contributed by atoms with Gasteiger partial charge < -0.3 is 5.32 Å². The Morgan fingerprint density at radius 1 is 1.32 bits per heavy atom. The van der Waals surface area contributed by atoms with E-state index >= 15 is 0 Å². The molecule has 5 nitrogen and oxygen atoms in total. The van der Waals surface area contributed by atoms with Gasteiger partial charge in [-0.05, 0) is 36.8 Å². The summed E-state index contributed by atoms with van der Waals surface area (Å²) in [5.74, 6) is -1.11. The second-order valence-corrected chi connectivity index (χ2v) is 6.64. The number of benzene rings is 1. The van der Waals surface area contributed by atoms with Gasteiger partial charge in [0.25, 0.3) is 0 Å². The fourth-order valence-corrected chi connectivity index (χ4v) is 3.55. The first-order valence-electron chi connectivity index (χ1n) is 7.71. The van der Waals surface area contributed by atoms with Gasteiger partial charge in [0.2, 0.25) is 5.78 Å². The normalized spacial score (nSPS) is 22.7. The highest BCUT2D eigenvalue weighted by molar-refractivity contribution is 9.10. The topological polar surface area (TPSA) is 71.4 Å². The van der Waals surface area contributed by atoms with Gasteiger partial charge in [-0.15, -0.1) is 0 Å². The summed E-state index contributed by atoms with van der Waals surface area (Å²) in [4.78, 5) is 32.2. The minimum absolute atomic E-state index is 0.314. The molecule has 1 N–H and O–H groups in total. The van der Waals surface area contributed by atoms with E-state index in [1.807, 2.05) is 13.0 Å². The van der Waals surface area contributed by atoms with Crippen LogP contribution < -0.4 is 5.32 Å². The van der Waals surface area contributed by atoms with Gasteiger partial charge >= 0.3 is 0 Å². The number of aldehydes is 1. The number of carbonyl (C=O) groups is 2. The lowest BCUT2D eigenvalue weighted by molar-refractivity contribution is -0.133. The molecule has 128 valence electrons. The third kappa shape index (κ3) is 3.51. The van der Waals surface area contributed by atoms with Gasteiger partial charge in [0.1, 0.15) is 17.3 Å². The van der Waals surface area contributed by atoms with Crippen LogP contribution in [0.5, 0.6) is 0 Å². The van der Waals surface area contributed by atoms with Crippen LogP contribution in [0.3, 0.4) is 0 Å². The highest BCUT2D eigenvalue weighted by atomic mass is 79.9. The summed E-state index contributed by atoms with van der Waals surface area (Å²) < 4.78 is 13.9. The molecule has 7 heteroatoms. The van der Waals surface area contributed by atoms with Crippen molar-refractivity contribution >= 4 is 33.8 Å². The minimum atomic E-state index is -0.688. The number of nitrogens with one attached hydrogen (secondary N) is 1. The van der Waals surface area contributed by atoms with Gasteiger partial charge in [0, 0.05) is 16.7 Å². The summed E-state index contributed by atoms with van der Waals surface area (Å²) in [6, 6.07) is 8.68. The molecule has 3 rings (SSSR count). The monoisotopic (exact) mass is 403 g/mol. The number of halogens is 2. The number of aromatic nitrogens is 1. The van der Waals surface area contributed by atoms with Crippen LogP contribution in [0.1, 0.15) is 24.2 Å². The third-order valence-corrected chi connectivity index (χ3v) is 4.83. The largest absolute Gasteiger partial charge is 0.365 e. The Bertz CT molecular complexity index is 841. The van der Waals surface area contributed by atoms with E-state index in [1.165, 1.54) is 12.1 Å². The highest BCUT2D eigenvalue weighted by Gasteiger charge is 2.39. The molecule has 0 radical (unpaired) electrons. The van der Waals surface area contributed by atoms with E-state index in [0.29, 0.717) is 27.9 Å². The van der Waals surface area contributed by atoms with Crippen molar-refractivity contribution in [1.82, 2.24) is 10.3 Å². The maximum atomic E-state index is 13.4. The predicted octanol–water partition coefficient (Wildman–Crippen LogP) is 2.85. The first-order valence-corrected chi connectivity index (χ1v) is 8.50. The van der Waals surface area contributed by atoms with Gasteiger partial charge in [0.05, 0.1) is 12.0 Å². The SMILES string of the molecule is CC1NC(c2ccccn2)=NC(c2ccc(F)cc2Br)C1C(=O)C=O. The number of ketones is 1. The van der Waals surface area contributed by atoms with Crippen molar-refractivity contribution in [3.8, 4) is 0 Å². The van der Waals surface area contributed by atoms with E-state index < -0.39 is 23.6 Å². The fourth-order valence-electron chi connectivity index (χ4n) is 2.96. The van der Waals surface area contributed by atoms with Crippen molar-refractivity contribution in [2.45, 2.75) is 19.0 Å². The number of nitrogens with zero attached hydrogens (tertiary/aromatic N) is 2. The molecular weight excluding hydrogens is 389 g/mol. The quantitative estimate of drug-likeness (QED) is 0.629. The lowest BCUT2D eigenvalue weighted by Gasteiger charge is -2.34. The summed E-state index contributed by atoms with van der Waals surface area (Å²) in [6.07, 6.45) is 1.96. The fraction of sp³-hybridized carbons (Fsp3) is 0.222. The Morgan fingerprint density at radius 2 is 2.12 bits per heavy atom. The average Bonchev–Trinajstić information content (AvgIpc) is 2.61. The van der Waals surface area contributed by atoms with E-state index in [-0.39, 0.29) is 6.04 Å². The second kappa shape index (κ2) is 7.23. The maximum Gasteiger partial charge on any atom is 0.202 e. The zero-order chi connectivity index (χ0) is 18.0. The van der Waals surface area contributed by atoms with Crippen molar-refractivity contribution in [3.05, 3.63) is 64.1 Å². The van der Waals surface area contributed by atoms with Crippen molar-refractivity contribution in [1.29, 1.82) is 0 Å². The van der Waals surface area contributed by atoms with Gasteiger partial charge in [0.15, 0.2) is 6.29 Å². The van der Waals surface area contributed by atoms with Gasteiger partial charge in [-0.25, -0.2) is 4.39 Å². The molecule has 3 unspecified atom stereocenters. The number of rotatable bonds is 4. The molecule has 2 aromatic rings. The van der Waals surface area contributed by atoms with Crippen LogP contribution in [-0.4, -0.2) is 28.9 Å². The molecule has 1 aliphatic heterocycles. The summed E-state index contributed by atoms with van der Waals surface area (Å²) in [7, 11) is 0. The van der Waals surface area contributed by atoms with Gasteiger partial charge in [-0.2, -0.15) is 0 Å². The van der Waals surface area contributed by atoms with Crippen LogP contribution >= 0.6 is 15.9 Å². The molecule has 2 heterocycles. The summed E-state index contributed by atoms with van der Waals surface area (Å²) in [5.41, 5.74) is 1.28. The number of hydrogen-bond donors (Lipinski definition) is 1. The smallest absolute Gasteiger partial charge is 0.202 e. The zero-order valence-electron chi connectivity index (χ0n) is 13.3. The van der Waals surface area contributed by atoms with E-state index in [1.54, 1.807) is 24.4 Å². The van der Waals surface area contributed by atoms with Crippen molar-refractivity contribution in [2.24, 2.45) is 10.9 Å². The standard InChI is InChI=1S/C18H15BrFN3O2/c1-10-16(15(25)9-24)17(12-6-5-11(20)8-13(12)19)23-18(22-10)14-4-2-3-7-21-14/h2-10,16-17H,1H3,(H,22,23). The Labute approximate surface area is 152 Å². The molecule has 0 saturated carbocycles. The second-order valence-electron chi connectivity index (χ2n) is 5.78. The zero-order valence-corrected chi connectivity index (χ0v) is 14.9. The first-order chi connectivity index (χ1) is 12.0. The molecule has 0 aliphatic carbocycles. The molecule has 0 saturated heterocycles. The van der Waals surface area contributed by atoms with Crippen LogP contribution in [0, 0.1) is 11.7 Å². The lowest BCUT2D eigenvalue weighted by Crippen LogP contribution is -2.48. The lowest BCUT2D eigenvalue weighted by atomic mass is 9.83. The van der Waals surface area contributed by atoms with E-state index in [2.05, 4.69) is 31.2 Å². The third-order valence-electron chi connectivity index (χ3n) is 4.14. The van der Waals surface area contributed by atoms with E-state index in [4.69, 9.17) is 0 Å². The summed E-state index contributed by atoms with van der Waals surface area (Å²) >= 11 is 3.33. The Kier molecular flexibility index (Phi) is 5.03. The molecule has 1 aromatic heterocycles. The summed E-state index contributed by atoms with van der Waals surface area (Å²) in [5, 5.41) is 3.15. The molecule has 0 bridgehead atoms. The molecule has 0 amide bonds. The molecule has 1 aliphatic rings. The number of aliphatic imine (C=N–C) groups is 1. The molecule has 25 heavy (non-hydrogen) atoms. The van der Waals surface area contributed by atoms with E-state index in [0.717, 1.165) is 0 Å². The van der Waals surface area contributed by atoms with Gasteiger partial charge in [-0.1, -0.05) is 28.1 Å². The highest BCUT2D eigenvalue weighted by Crippen LogP contribution is 2.36. The Morgan fingerprint density at radius 3 is 2.76 bits per heavy atom. The van der Waals surface area contributed by atoms with Crippen LogP contribution in [0.15, 0.2) is 52.1 Å². The van der Waals surface area contributed by atoms with Crippen LogP contribution in [-0.2, 0) is 9.59 Å². The van der Waals surface area contributed by atoms with Crippen molar-refractivity contribution in [2.75, 3.05) is 0 Å². The Balaban J connectivity index is 2.12. The summed E-state index contributed by atoms with van der Waals surface area (Å²) in [6.45, 7) is 1.81. The number of hydrogen-bond acceptors (Lipinski definition) is 5.